The van der Waals surface area contributed by atoms with E-state index in [0.29, 0.717) is 13.1 Å². The van der Waals surface area contributed by atoms with E-state index in [4.69, 9.17) is 0 Å². The van der Waals surface area contributed by atoms with Gasteiger partial charge in [-0.15, -0.1) is 5.10 Å². The quantitative estimate of drug-likeness (QED) is 0.756. The summed E-state index contributed by atoms with van der Waals surface area (Å²) in [7, 11) is -0.181. The Balaban J connectivity index is 1.69. The molecule has 1 saturated heterocycles. The van der Waals surface area contributed by atoms with Crippen molar-refractivity contribution in [3.63, 3.8) is 0 Å². The standard InChI is InChI=1S/C19H30N6O2S/c1-13(2)18-20-17(12-23(18)6)28(26,27)24(7)14-10-25(11-14)16-9-8-15(21-22-16)19(3,4)5/h8-9,12-14H,10-11H2,1-7H3. The molecule has 1 aliphatic rings. The van der Waals surface area contributed by atoms with Crippen LogP contribution in [0.4, 0.5) is 5.82 Å². The van der Waals surface area contributed by atoms with Crippen molar-refractivity contribution in [3.8, 4) is 0 Å². The van der Waals surface area contributed by atoms with Gasteiger partial charge in [0.15, 0.2) is 10.8 Å². The van der Waals surface area contributed by atoms with Gasteiger partial charge < -0.3 is 9.47 Å². The van der Waals surface area contributed by atoms with Crippen LogP contribution < -0.4 is 4.90 Å². The van der Waals surface area contributed by atoms with Crippen LogP contribution in [0.5, 0.6) is 0 Å². The van der Waals surface area contributed by atoms with E-state index in [1.807, 2.05) is 37.9 Å². The van der Waals surface area contributed by atoms with Crippen LogP contribution in [0.1, 0.15) is 52.1 Å². The van der Waals surface area contributed by atoms with E-state index in [2.05, 4.69) is 36.0 Å². The Hall–Kier alpha value is -2.00. The number of rotatable bonds is 5. The van der Waals surface area contributed by atoms with Crippen molar-refractivity contribution in [2.45, 2.75) is 57.0 Å². The third-order valence-electron chi connectivity index (χ3n) is 5.17. The maximum Gasteiger partial charge on any atom is 0.262 e. The van der Waals surface area contributed by atoms with Crippen molar-refractivity contribution in [1.29, 1.82) is 0 Å². The molecule has 28 heavy (non-hydrogen) atoms. The molecule has 0 unspecified atom stereocenters. The highest BCUT2D eigenvalue weighted by Gasteiger charge is 2.38. The zero-order valence-electron chi connectivity index (χ0n) is 17.7. The van der Waals surface area contributed by atoms with Gasteiger partial charge in [-0.05, 0) is 12.1 Å². The minimum absolute atomic E-state index is 0.0468. The first-order valence-electron chi connectivity index (χ1n) is 9.51. The lowest BCUT2D eigenvalue weighted by atomic mass is 9.92. The number of imidazole rings is 1. The van der Waals surface area contributed by atoms with Crippen LogP contribution in [-0.2, 0) is 22.5 Å². The van der Waals surface area contributed by atoms with E-state index in [0.717, 1.165) is 17.3 Å². The molecule has 0 amide bonds. The highest BCUT2D eigenvalue weighted by molar-refractivity contribution is 7.89. The van der Waals surface area contributed by atoms with Gasteiger partial charge in [0, 0.05) is 44.7 Å². The molecule has 9 heteroatoms. The molecule has 8 nitrogen and oxygen atoms in total. The van der Waals surface area contributed by atoms with E-state index in [9.17, 15) is 8.42 Å². The van der Waals surface area contributed by atoms with Gasteiger partial charge in [-0.25, -0.2) is 13.4 Å². The summed E-state index contributed by atoms with van der Waals surface area (Å²) in [6.07, 6.45) is 1.59. The maximum absolute atomic E-state index is 13.0. The summed E-state index contributed by atoms with van der Waals surface area (Å²) in [6, 6.07) is 3.82. The average molecular weight is 407 g/mol. The smallest absolute Gasteiger partial charge is 0.262 e. The van der Waals surface area contributed by atoms with Crippen LogP contribution >= 0.6 is 0 Å². The Morgan fingerprint density at radius 3 is 2.29 bits per heavy atom. The maximum atomic E-state index is 13.0. The molecular weight excluding hydrogens is 376 g/mol. The molecular formula is C19H30N6O2S. The van der Waals surface area contributed by atoms with E-state index in [-0.39, 0.29) is 22.4 Å². The van der Waals surface area contributed by atoms with E-state index >= 15 is 0 Å². The number of aryl methyl sites for hydroxylation is 1. The number of anilines is 1. The number of aromatic nitrogens is 4. The Morgan fingerprint density at radius 1 is 1.18 bits per heavy atom. The molecule has 2 aromatic rings. The Kier molecular flexibility index (Phi) is 5.26. The summed E-state index contributed by atoms with van der Waals surface area (Å²) in [5.74, 6) is 1.69. The van der Waals surface area contributed by atoms with Crippen molar-refractivity contribution in [1.82, 2.24) is 24.1 Å². The second-order valence-electron chi connectivity index (χ2n) is 8.81. The second-order valence-corrected chi connectivity index (χ2v) is 10.8. The summed E-state index contributed by atoms with van der Waals surface area (Å²) >= 11 is 0. The Morgan fingerprint density at radius 2 is 1.82 bits per heavy atom. The zero-order chi connectivity index (χ0) is 20.9. The van der Waals surface area contributed by atoms with Gasteiger partial charge in [0.05, 0.1) is 11.7 Å². The van der Waals surface area contributed by atoms with Crippen molar-refractivity contribution < 1.29 is 8.42 Å². The molecule has 1 fully saturated rings. The number of likely N-dealkylation sites (N-methyl/N-ethyl adjacent to an activating group) is 1. The first-order chi connectivity index (χ1) is 12.9. The monoisotopic (exact) mass is 406 g/mol. The number of sulfonamides is 1. The number of hydrogen-bond acceptors (Lipinski definition) is 6. The first kappa shape index (κ1) is 20.7. The van der Waals surface area contributed by atoms with Crippen LogP contribution in [0.2, 0.25) is 0 Å². The van der Waals surface area contributed by atoms with Crippen molar-refractivity contribution in [3.05, 3.63) is 29.8 Å². The van der Waals surface area contributed by atoms with Crippen molar-refractivity contribution in [2.24, 2.45) is 7.05 Å². The lowest BCUT2D eigenvalue weighted by molar-refractivity contribution is 0.308. The Bertz CT molecular complexity index is 938. The van der Waals surface area contributed by atoms with E-state index < -0.39 is 10.0 Å². The molecule has 1 aliphatic heterocycles. The van der Waals surface area contributed by atoms with Gasteiger partial charge >= 0.3 is 0 Å². The molecule has 3 rings (SSSR count). The fourth-order valence-electron chi connectivity index (χ4n) is 3.22. The normalized spacial score (nSPS) is 16.1. The van der Waals surface area contributed by atoms with Gasteiger partial charge in [0.1, 0.15) is 5.82 Å². The summed E-state index contributed by atoms with van der Waals surface area (Å²) < 4.78 is 29.1. The van der Waals surface area contributed by atoms with Gasteiger partial charge in [-0.3, -0.25) is 0 Å². The lowest BCUT2D eigenvalue weighted by Gasteiger charge is -2.43. The molecule has 0 radical (unpaired) electrons. The highest BCUT2D eigenvalue weighted by atomic mass is 32.2. The predicted molar refractivity (Wildman–Crippen MR) is 109 cm³/mol. The van der Waals surface area contributed by atoms with Crippen LogP contribution in [0.15, 0.2) is 23.4 Å². The predicted octanol–water partition coefficient (Wildman–Crippen LogP) is 2.14. The molecule has 154 valence electrons. The molecule has 0 atom stereocenters. The number of hydrogen-bond donors (Lipinski definition) is 0. The van der Waals surface area contributed by atoms with Gasteiger partial charge in [0.25, 0.3) is 10.0 Å². The molecule has 0 spiro atoms. The summed E-state index contributed by atoms with van der Waals surface area (Å²) in [5.41, 5.74) is 0.888. The average Bonchev–Trinajstić information content (AvgIpc) is 2.96. The van der Waals surface area contributed by atoms with Crippen molar-refractivity contribution in [2.75, 3.05) is 25.0 Å². The topological polar surface area (TPSA) is 84.2 Å². The molecule has 0 aromatic carbocycles. The third-order valence-corrected chi connectivity index (χ3v) is 6.95. The van der Waals surface area contributed by atoms with Crippen LogP contribution in [0, 0.1) is 0 Å². The third kappa shape index (κ3) is 3.77. The fraction of sp³-hybridized carbons (Fsp3) is 0.632. The zero-order valence-corrected chi connectivity index (χ0v) is 18.5. The molecule has 0 N–H and O–H groups in total. The molecule has 2 aromatic heterocycles. The van der Waals surface area contributed by atoms with Crippen molar-refractivity contribution >= 4 is 15.8 Å². The molecule has 0 bridgehead atoms. The minimum atomic E-state index is -3.63. The SMILES string of the molecule is CC(C)c1nc(S(=O)(=O)N(C)C2CN(c3ccc(C(C)(C)C)nn3)C2)cn1C. The van der Waals surface area contributed by atoms with Crippen LogP contribution in [0.3, 0.4) is 0 Å². The fourth-order valence-corrected chi connectivity index (χ4v) is 4.54. The highest BCUT2D eigenvalue weighted by Crippen LogP contribution is 2.27. The summed E-state index contributed by atoms with van der Waals surface area (Å²) in [6.45, 7) is 11.5. The van der Waals surface area contributed by atoms with Gasteiger partial charge in [-0.2, -0.15) is 9.40 Å². The lowest BCUT2D eigenvalue weighted by Crippen LogP contribution is -2.60. The van der Waals surface area contributed by atoms with E-state index in [1.165, 1.54) is 4.31 Å². The largest absolute Gasteiger partial charge is 0.352 e. The Labute approximate surface area is 167 Å². The minimum Gasteiger partial charge on any atom is -0.352 e. The van der Waals surface area contributed by atoms with E-state index in [1.54, 1.807) is 17.8 Å². The molecule has 3 heterocycles. The first-order valence-corrected chi connectivity index (χ1v) is 11.0. The van der Waals surface area contributed by atoms with Crippen LogP contribution in [0.25, 0.3) is 0 Å². The molecule has 0 aliphatic carbocycles. The van der Waals surface area contributed by atoms with Gasteiger partial charge in [0.2, 0.25) is 0 Å². The number of nitrogens with zero attached hydrogens (tertiary/aromatic N) is 6. The summed E-state index contributed by atoms with van der Waals surface area (Å²) in [5, 5.41) is 8.73. The van der Waals surface area contributed by atoms with Gasteiger partial charge in [-0.1, -0.05) is 34.6 Å². The van der Waals surface area contributed by atoms with Crippen LogP contribution in [-0.4, -0.2) is 58.7 Å². The summed E-state index contributed by atoms with van der Waals surface area (Å²) in [4.78, 5) is 6.39. The second kappa shape index (κ2) is 7.11. The molecule has 0 saturated carbocycles.